The first kappa shape index (κ1) is 13.8. The zero-order valence-corrected chi connectivity index (χ0v) is 12.5. The van der Waals surface area contributed by atoms with E-state index in [0.717, 1.165) is 5.69 Å². The molecule has 2 heterocycles. The number of hydrogen-bond donors (Lipinski definition) is 1. The van der Waals surface area contributed by atoms with E-state index in [2.05, 4.69) is 4.98 Å². The molecule has 0 radical (unpaired) electrons. The number of carbonyl (C=O) groups excluding carboxylic acids is 1. The molecule has 0 spiro atoms. The smallest absolute Gasteiger partial charge is 0.283 e. The quantitative estimate of drug-likeness (QED) is 0.875. The second kappa shape index (κ2) is 4.98. The van der Waals surface area contributed by atoms with Crippen LogP contribution in [0.3, 0.4) is 0 Å². The third kappa shape index (κ3) is 2.32. The van der Waals surface area contributed by atoms with Crippen LogP contribution < -0.4 is 11.3 Å². The second-order valence-corrected chi connectivity index (χ2v) is 5.79. The number of thiazole rings is 1. The number of halogens is 1. The molecule has 3 rings (SSSR count). The number of aryl methyl sites for hydroxylation is 1. The lowest BCUT2D eigenvalue weighted by atomic mass is 10.1. The van der Waals surface area contributed by atoms with E-state index in [-0.39, 0.29) is 16.4 Å². The number of carbonyl (C=O) groups is 1. The number of allylic oxidation sites excluding steroid dienone is 5. The minimum Gasteiger partial charge on any atom is -0.384 e. The molecule has 2 aromatic rings. The lowest BCUT2D eigenvalue weighted by Gasteiger charge is -2.07. The summed E-state index contributed by atoms with van der Waals surface area (Å²) in [7, 11) is 0. The molecular weight excluding hydrogens is 310 g/mol. The van der Waals surface area contributed by atoms with Gasteiger partial charge in [0.05, 0.1) is 10.6 Å². The molecule has 2 N–H and O–H groups in total. The summed E-state index contributed by atoms with van der Waals surface area (Å²) in [4.78, 5) is 28.0. The fourth-order valence-corrected chi connectivity index (χ4v) is 3.10. The van der Waals surface area contributed by atoms with E-state index in [1.807, 2.05) is 12.3 Å². The third-order valence-corrected chi connectivity index (χ3v) is 4.33. The molecule has 7 heteroatoms. The van der Waals surface area contributed by atoms with Gasteiger partial charge in [0.1, 0.15) is 5.82 Å². The number of aromatic nitrogens is 2. The van der Waals surface area contributed by atoms with Crippen molar-refractivity contribution in [3.8, 4) is 0 Å². The molecule has 0 bridgehead atoms. The van der Waals surface area contributed by atoms with Gasteiger partial charge < -0.3 is 5.73 Å². The number of nitrogens with zero attached hydrogens (tertiary/aromatic N) is 2. The summed E-state index contributed by atoms with van der Waals surface area (Å²) in [6.45, 7) is 1.89. The number of rotatable bonds is 1. The molecule has 0 aliphatic heterocycles. The van der Waals surface area contributed by atoms with Crippen LogP contribution in [-0.2, 0) is 4.79 Å². The molecule has 0 amide bonds. The second-order valence-electron chi connectivity index (χ2n) is 4.55. The number of anilines is 1. The van der Waals surface area contributed by atoms with Crippen LogP contribution in [0.1, 0.15) is 11.3 Å². The van der Waals surface area contributed by atoms with Gasteiger partial charge in [0.2, 0.25) is 0 Å². The maximum absolute atomic E-state index is 12.1. The Hall–Kier alpha value is -2.18. The zero-order chi connectivity index (χ0) is 15.1. The highest BCUT2D eigenvalue weighted by atomic mass is 35.5. The van der Waals surface area contributed by atoms with Crippen LogP contribution in [0.4, 0.5) is 5.82 Å². The number of hydrogen-bond acceptors (Lipinski definition) is 5. The Labute approximate surface area is 128 Å². The predicted molar refractivity (Wildman–Crippen MR) is 84.5 cm³/mol. The number of nitrogens with two attached hydrogens (primary N) is 1. The standard InChI is InChI=1S/C14H10ClN3O2S/c1-7-6-21-14-17-13(20)9(12(16)18(7)14)4-8-2-3-11(19)10(15)5-8/h2-6H,16H2,1H3/b8-4-. The summed E-state index contributed by atoms with van der Waals surface area (Å²) < 4.78 is 1.72. The van der Waals surface area contributed by atoms with Crippen LogP contribution in [0.15, 0.2) is 39.0 Å². The molecule has 21 heavy (non-hydrogen) atoms. The van der Waals surface area contributed by atoms with Crippen molar-refractivity contribution in [1.29, 1.82) is 0 Å². The Bertz CT molecular complexity index is 918. The molecule has 106 valence electrons. The van der Waals surface area contributed by atoms with Crippen LogP contribution in [-0.4, -0.2) is 15.2 Å². The fourth-order valence-electron chi connectivity index (χ4n) is 2.05. The van der Waals surface area contributed by atoms with Crippen LogP contribution in [0.2, 0.25) is 0 Å². The van der Waals surface area contributed by atoms with Gasteiger partial charge in [0.25, 0.3) is 5.56 Å². The first-order chi connectivity index (χ1) is 9.97. The van der Waals surface area contributed by atoms with Gasteiger partial charge in [-0.2, -0.15) is 4.98 Å². The maximum atomic E-state index is 12.1. The van der Waals surface area contributed by atoms with E-state index in [9.17, 15) is 9.59 Å². The molecule has 0 aromatic carbocycles. The van der Waals surface area contributed by atoms with Crippen molar-refractivity contribution < 1.29 is 4.79 Å². The van der Waals surface area contributed by atoms with Gasteiger partial charge in [-0.1, -0.05) is 17.7 Å². The summed E-state index contributed by atoms with van der Waals surface area (Å²) in [6, 6.07) is 0. The minimum atomic E-state index is -0.406. The van der Waals surface area contributed by atoms with Gasteiger partial charge in [-0.05, 0) is 30.7 Å². The van der Waals surface area contributed by atoms with Crippen LogP contribution in [0.5, 0.6) is 0 Å². The van der Waals surface area contributed by atoms with Gasteiger partial charge in [0, 0.05) is 11.1 Å². The molecule has 0 atom stereocenters. The molecule has 0 fully saturated rings. The highest BCUT2D eigenvalue weighted by Gasteiger charge is 2.13. The highest BCUT2D eigenvalue weighted by Crippen LogP contribution is 2.22. The zero-order valence-electron chi connectivity index (χ0n) is 11.0. The van der Waals surface area contributed by atoms with E-state index in [1.54, 1.807) is 16.6 Å². The molecular formula is C14H10ClN3O2S. The normalized spacial score (nSPS) is 16.8. The van der Waals surface area contributed by atoms with E-state index in [4.69, 9.17) is 17.3 Å². The van der Waals surface area contributed by atoms with Crippen molar-refractivity contribution in [2.45, 2.75) is 6.92 Å². The summed E-state index contributed by atoms with van der Waals surface area (Å²) in [5.74, 6) is 0.0619. The highest BCUT2D eigenvalue weighted by molar-refractivity contribution is 7.15. The van der Waals surface area contributed by atoms with Crippen LogP contribution in [0.25, 0.3) is 11.0 Å². The Morgan fingerprint density at radius 2 is 2.14 bits per heavy atom. The monoisotopic (exact) mass is 319 g/mol. The lowest BCUT2D eigenvalue weighted by molar-refractivity contribution is -0.110. The first-order valence-corrected chi connectivity index (χ1v) is 7.31. The van der Waals surface area contributed by atoms with Crippen molar-refractivity contribution >= 4 is 45.6 Å². The number of fused-ring (bicyclic) bond motifs is 1. The van der Waals surface area contributed by atoms with Crippen LogP contribution in [0, 0.1) is 6.92 Å². The predicted octanol–water partition coefficient (Wildman–Crippen LogP) is 2.29. The summed E-state index contributed by atoms with van der Waals surface area (Å²) >= 11 is 7.16. The summed E-state index contributed by atoms with van der Waals surface area (Å²) in [5, 5.41) is 1.98. The number of nitrogen functional groups attached to an aromatic ring is 1. The molecule has 1 aliphatic carbocycles. The average molecular weight is 320 g/mol. The average Bonchev–Trinajstić information content (AvgIpc) is 2.80. The third-order valence-electron chi connectivity index (χ3n) is 3.09. The Balaban J connectivity index is 2.22. The van der Waals surface area contributed by atoms with E-state index >= 15 is 0 Å². The van der Waals surface area contributed by atoms with Crippen molar-refractivity contribution in [2.24, 2.45) is 0 Å². The first-order valence-electron chi connectivity index (χ1n) is 6.05. The van der Waals surface area contributed by atoms with E-state index in [1.165, 1.54) is 23.5 Å². The summed E-state index contributed by atoms with van der Waals surface area (Å²) in [6.07, 6.45) is 6.02. The molecule has 0 saturated carbocycles. The Kier molecular flexibility index (Phi) is 3.27. The van der Waals surface area contributed by atoms with Crippen molar-refractivity contribution in [1.82, 2.24) is 9.38 Å². The molecule has 2 aromatic heterocycles. The van der Waals surface area contributed by atoms with Gasteiger partial charge in [-0.15, -0.1) is 11.3 Å². The van der Waals surface area contributed by atoms with Gasteiger partial charge in [-0.3, -0.25) is 14.0 Å². The minimum absolute atomic E-state index is 0.100. The van der Waals surface area contributed by atoms with Crippen molar-refractivity contribution in [3.05, 3.63) is 55.8 Å². The van der Waals surface area contributed by atoms with Crippen molar-refractivity contribution in [2.75, 3.05) is 5.73 Å². The van der Waals surface area contributed by atoms with Gasteiger partial charge in [0.15, 0.2) is 10.7 Å². The Morgan fingerprint density at radius 3 is 2.86 bits per heavy atom. The maximum Gasteiger partial charge on any atom is 0.283 e. The van der Waals surface area contributed by atoms with Crippen molar-refractivity contribution in [3.63, 3.8) is 0 Å². The van der Waals surface area contributed by atoms with Gasteiger partial charge >= 0.3 is 0 Å². The topological polar surface area (TPSA) is 77.5 Å². The molecule has 5 nitrogen and oxygen atoms in total. The van der Waals surface area contributed by atoms with E-state index in [0.29, 0.717) is 16.4 Å². The molecule has 0 unspecified atom stereocenters. The molecule has 1 aliphatic rings. The van der Waals surface area contributed by atoms with Gasteiger partial charge in [-0.25, -0.2) is 0 Å². The van der Waals surface area contributed by atoms with E-state index < -0.39 is 5.56 Å². The number of ketones is 1. The van der Waals surface area contributed by atoms with Crippen LogP contribution >= 0.6 is 22.9 Å². The Morgan fingerprint density at radius 1 is 1.38 bits per heavy atom. The summed E-state index contributed by atoms with van der Waals surface area (Å²) in [5.41, 5.74) is 7.49. The SMILES string of the molecule is Cc1csc2nc(=O)c(/C=C3/C=CC(=O)C(Cl)=C3)c(N)n12. The molecule has 0 saturated heterocycles. The largest absolute Gasteiger partial charge is 0.384 e. The lowest BCUT2D eigenvalue weighted by Crippen LogP contribution is -2.16. The fraction of sp³-hybridized carbons (Fsp3) is 0.0714.